The number of hydrogen-bond acceptors (Lipinski definition) is 5. The van der Waals surface area contributed by atoms with Crippen LogP contribution in [0.25, 0.3) is 0 Å². The van der Waals surface area contributed by atoms with Gasteiger partial charge in [-0.1, -0.05) is 0 Å². The van der Waals surface area contributed by atoms with Gasteiger partial charge in [-0.15, -0.1) is 0 Å². The Hall–Kier alpha value is -1.89. The fourth-order valence-electron chi connectivity index (χ4n) is 3.57. The molecule has 124 valence electrons. The van der Waals surface area contributed by atoms with E-state index >= 15 is 0 Å². The van der Waals surface area contributed by atoms with Crippen molar-refractivity contribution in [3.05, 3.63) is 18.6 Å². The number of anilines is 1. The third kappa shape index (κ3) is 3.39. The molecule has 2 atom stereocenters. The zero-order valence-corrected chi connectivity index (χ0v) is 13.2. The van der Waals surface area contributed by atoms with Crippen molar-refractivity contribution in [1.29, 1.82) is 0 Å². The van der Waals surface area contributed by atoms with Crippen molar-refractivity contribution in [1.82, 2.24) is 20.2 Å². The van der Waals surface area contributed by atoms with Gasteiger partial charge in [-0.05, 0) is 25.7 Å². The molecule has 23 heavy (non-hydrogen) atoms. The third-order valence-corrected chi connectivity index (χ3v) is 4.86. The summed E-state index contributed by atoms with van der Waals surface area (Å²) in [5.41, 5.74) is -0.209. The molecule has 4 rings (SSSR count). The van der Waals surface area contributed by atoms with Crippen LogP contribution in [0.2, 0.25) is 0 Å². The SMILES string of the molecule is O=C(NC1CC1)N1CCC[C@]2(C[C@H](Nc3cnccn3)CO2)C1. The Morgan fingerprint density at radius 1 is 1.35 bits per heavy atom. The summed E-state index contributed by atoms with van der Waals surface area (Å²) in [4.78, 5) is 22.5. The zero-order valence-electron chi connectivity index (χ0n) is 13.2. The van der Waals surface area contributed by atoms with Gasteiger partial charge in [0.1, 0.15) is 5.82 Å². The average Bonchev–Trinajstić information content (AvgIpc) is 3.31. The van der Waals surface area contributed by atoms with E-state index < -0.39 is 0 Å². The van der Waals surface area contributed by atoms with E-state index in [9.17, 15) is 4.79 Å². The van der Waals surface area contributed by atoms with Crippen molar-refractivity contribution in [3.8, 4) is 0 Å². The molecular weight excluding hydrogens is 294 g/mol. The number of aromatic nitrogens is 2. The molecule has 2 aliphatic heterocycles. The minimum atomic E-state index is -0.209. The molecule has 0 aromatic carbocycles. The summed E-state index contributed by atoms with van der Waals surface area (Å²) in [7, 11) is 0. The van der Waals surface area contributed by atoms with Gasteiger partial charge in [-0.2, -0.15) is 0 Å². The van der Waals surface area contributed by atoms with E-state index in [1.165, 1.54) is 0 Å². The number of rotatable bonds is 3. The number of carbonyl (C=O) groups is 1. The highest BCUT2D eigenvalue weighted by atomic mass is 16.5. The molecule has 2 saturated heterocycles. The summed E-state index contributed by atoms with van der Waals surface area (Å²) < 4.78 is 6.13. The number of nitrogens with one attached hydrogen (secondary N) is 2. The molecule has 2 amide bonds. The fraction of sp³-hybridized carbons (Fsp3) is 0.688. The Morgan fingerprint density at radius 3 is 3.04 bits per heavy atom. The van der Waals surface area contributed by atoms with Crippen LogP contribution in [0.4, 0.5) is 10.6 Å². The van der Waals surface area contributed by atoms with Gasteiger partial charge in [-0.25, -0.2) is 9.78 Å². The standard InChI is InChI=1S/C16H23N5O2/c22-15(20-12-2-3-12)21-7-1-4-16(11-21)8-13(10-23-16)19-14-9-17-5-6-18-14/h5-6,9,12-13H,1-4,7-8,10-11H2,(H,18,19)(H,20,22)/t13-,16-/m0/s1. The molecule has 1 aliphatic carbocycles. The lowest BCUT2D eigenvalue weighted by atomic mass is 9.89. The second kappa shape index (κ2) is 5.96. The van der Waals surface area contributed by atoms with Gasteiger partial charge in [0, 0.05) is 31.4 Å². The highest BCUT2D eigenvalue weighted by Crippen LogP contribution is 2.35. The van der Waals surface area contributed by atoms with E-state index in [0.29, 0.717) is 19.2 Å². The number of nitrogens with zero attached hydrogens (tertiary/aromatic N) is 3. The van der Waals surface area contributed by atoms with Gasteiger partial charge < -0.3 is 20.3 Å². The molecular formula is C16H23N5O2. The molecule has 0 unspecified atom stereocenters. The maximum atomic E-state index is 12.3. The largest absolute Gasteiger partial charge is 0.371 e. The number of likely N-dealkylation sites (tertiary alicyclic amines) is 1. The van der Waals surface area contributed by atoms with Crippen LogP contribution in [0.3, 0.4) is 0 Å². The van der Waals surface area contributed by atoms with E-state index in [2.05, 4.69) is 20.6 Å². The number of ether oxygens (including phenoxy) is 1. The van der Waals surface area contributed by atoms with Crippen LogP contribution in [0.15, 0.2) is 18.6 Å². The monoisotopic (exact) mass is 317 g/mol. The number of hydrogen-bond donors (Lipinski definition) is 2. The highest BCUT2D eigenvalue weighted by Gasteiger charge is 2.45. The molecule has 0 bridgehead atoms. The first-order valence-corrected chi connectivity index (χ1v) is 8.44. The Kier molecular flexibility index (Phi) is 3.80. The summed E-state index contributed by atoms with van der Waals surface area (Å²) in [6.07, 6.45) is 10.2. The minimum absolute atomic E-state index is 0.0699. The summed E-state index contributed by atoms with van der Waals surface area (Å²) in [5, 5.41) is 6.46. The van der Waals surface area contributed by atoms with E-state index in [1.807, 2.05) is 4.90 Å². The smallest absolute Gasteiger partial charge is 0.317 e. The van der Waals surface area contributed by atoms with Crippen LogP contribution in [-0.4, -0.2) is 58.3 Å². The Labute approximate surface area is 135 Å². The molecule has 1 aromatic rings. The molecule has 1 saturated carbocycles. The minimum Gasteiger partial charge on any atom is -0.371 e. The van der Waals surface area contributed by atoms with Gasteiger partial charge in [0.2, 0.25) is 0 Å². The van der Waals surface area contributed by atoms with Crippen molar-refractivity contribution in [2.45, 2.75) is 49.8 Å². The van der Waals surface area contributed by atoms with E-state index in [1.54, 1.807) is 18.6 Å². The first kappa shape index (κ1) is 14.7. The van der Waals surface area contributed by atoms with Gasteiger partial charge in [0.15, 0.2) is 0 Å². The highest BCUT2D eigenvalue weighted by molar-refractivity contribution is 5.75. The lowest BCUT2D eigenvalue weighted by molar-refractivity contribution is -0.0409. The van der Waals surface area contributed by atoms with Crippen molar-refractivity contribution < 1.29 is 9.53 Å². The van der Waals surface area contributed by atoms with Crippen LogP contribution in [-0.2, 0) is 4.74 Å². The molecule has 7 heteroatoms. The number of piperidine rings is 1. The fourth-order valence-corrected chi connectivity index (χ4v) is 3.57. The molecule has 2 N–H and O–H groups in total. The predicted octanol–water partition coefficient (Wildman–Crippen LogP) is 1.38. The second-order valence-electron chi connectivity index (χ2n) is 6.88. The molecule has 1 spiro atoms. The van der Waals surface area contributed by atoms with Gasteiger partial charge in [0.05, 0.1) is 31.0 Å². The number of carbonyl (C=O) groups excluding carboxylic acids is 1. The van der Waals surface area contributed by atoms with Crippen LogP contribution >= 0.6 is 0 Å². The maximum absolute atomic E-state index is 12.3. The van der Waals surface area contributed by atoms with E-state index in [0.717, 1.165) is 44.5 Å². The molecule has 1 aromatic heterocycles. The topological polar surface area (TPSA) is 79.4 Å². The first-order chi connectivity index (χ1) is 11.2. The average molecular weight is 317 g/mol. The van der Waals surface area contributed by atoms with E-state index in [4.69, 9.17) is 4.74 Å². The third-order valence-electron chi connectivity index (χ3n) is 4.86. The summed E-state index contributed by atoms with van der Waals surface area (Å²) in [6.45, 7) is 2.16. The van der Waals surface area contributed by atoms with Crippen LogP contribution in [0, 0.1) is 0 Å². The molecule has 3 fully saturated rings. The quantitative estimate of drug-likeness (QED) is 0.880. The second-order valence-corrected chi connectivity index (χ2v) is 6.88. The van der Waals surface area contributed by atoms with Gasteiger partial charge >= 0.3 is 6.03 Å². The normalized spacial score (nSPS) is 30.4. The van der Waals surface area contributed by atoms with Gasteiger partial charge in [-0.3, -0.25) is 4.98 Å². The van der Waals surface area contributed by atoms with Crippen molar-refractivity contribution >= 4 is 11.8 Å². The Bertz CT molecular complexity index is 565. The lowest BCUT2D eigenvalue weighted by Crippen LogP contribution is -2.53. The lowest BCUT2D eigenvalue weighted by Gasteiger charge is -2.39. The van der Waals surface area contributed by atoms with Crippen LogP contribution in [0.5, 0.6) is 0 Å². The number of urea groups is 1. The number of amides is 2. The molecule has 0 radical (unpaired) electrons. The van der Waals surface area contributed by atoms with Crippen molar-refractivity contribution in [2.24, 2.45) is 0 Å². The zero-order chi connectivity index (χ0) is 15.7. The van der Waals surface area contributed by atoms with Crippen molar-refractivity contribution in [2.75, 3.05) is 25.0 Å². The van der Waals surface area contributed by atoms with Gasteiger partial charge in [0.25, 0.3) is 0 Å². The first-order valence-electron chi connectivity index (χ1n) is 8.44. The molecule has 3 heterocycles. The van der Waals surface area contributed by atoms with Crippen molar-refractivity contribution in [3.63, 3.8) is 0 Å². The summed E-state index contributed by atoms with van der Waals surface area (Å²) >= 11 is 0. The molecule has 7 nitrogen and oxygen atoms in total. The van der Waals surface area contributed by atoms with E-state index in [-0.39, 0.29) is 17.7 Å². The summed E-state index contributed by atoms with van der Waals surface area (Å²) in [6, 6.07) is 0.689. The van der Waals surface area contributed by atoms with Crippen LogP contribution in [0.1, 0.15) is 32.1 Å². The maximum Gasteiger partial charge on any atom is 0.317 e. The Morgan fingerprint density at radius 2 is 2.26 bits per heavy atom. The predicted molar refractivity (Wildman–Crippen MR) is 85.1 cm³/mol. The Balaban J connectivity index is 1.35. The van der Waals surface area contributed by atoms with Crippen LogP contribution < -0.4 is 10.6 Å². The molecule has 3 aliphatic rings. The summed E-state index contributed by atoms with van der Waals surface area (Å²) in [5.74, 6) is 0.775.